The largest absolute Gasteiger partial charge is 0.422 e. The summed E-state index contributed by atoms with van der Waals surface area (Å²) in [6, 6.07) is 17.1. The van der Waals surface area contributed by atoms with Crippen molar-refractivity contribution in [2.24, 2.45) is 7.05 Å². The number of carbonyl (C=O) groups excluding carboxylic acids is 2. The fraction of sp³-hybridized carbons (Fsp3) is 0.250. The van der Waals surface area contributed by atoms with Crippen molar-refractivity contribution in [3.05, 3.63) is 83.7 Å². The van der Waals surface area contributed by atoms with Gasteiger partial charge in [-0.15, -0.1) is 0 Å². The lowest BCUT2D eigenvalue weighted by atomic mass is 10.2. The molecule has 3 aromatic rings. The Hall–Kier alpha value is -3.43. The van der Waals surface area contributed by atoms with Crippen LogP contribution >= 0.6 is 0 Å². The molecule has 0 bridgehead atoms. The highest BCUT2D eigenvalue weighted by molar-refractivity contribution is 7.89. The van der Waals surface area contributed by atoms with Crippen LogP contribution in [0.25, 0.3) is 0 Å². The van der Waals surface area contributed by atoms with Gasteiger partial charge in [-0.2, -0.15) is 4.31 Å². The molecule has 0 aliphatic rings. The van der Waals surface area contributed by atoms with Crippen molar-refractivity contribution in [3.63, 3.8) is 0 Å². The third-order valence-corrected chi connectivity index (χ3v) is 7.15. The molecule has 33 heavy (non-hydrogen) atoms. The van der Waals surface area contributed by atoms with E-state index in [0.29, 0.717) is 25.2 Å². The number of hydrogen-bond acceptors (Lipinski definition) is 5. The van der Waals surface area contributed by atoms with Crippen LogP contribution in [-0.4, -0.2) is 42.3 Å². The third kappa shape index (κ3) is 5.68. The first kappa shape index (κ1) is 24.2. The van der Waals surface area contributed by atoms with Gasteiger partial charge in [0.2, 0.25) is 10.0 Å². The molecule has 0 aliphatic heterocycles. The molecule has 0 fully saturated rings. The molecule has 0 saturated heterocycles. The summed E-state index contributed by atoms with van der Waals surface area (Å²) in [4.78, 5) is 25.2. The summed E-state index contributed by atoms with van der Waals surface area (Å²) in [5.41, 5.74) is 1.39. The highest BCUT2D eigenvalue weighted by atomic mass is 32.2. The van der Waals surface area contributed by atoms with Gasteiger partial charge in [-0.1, -0.05) is 50.2 Å². The Morgan fingerprint density at radius 1 is 1.00 bits per heavy atom. The second-order valence-electron chi connectivity index (χ2n) is 7.35. The van der Waals surface area contributed by atoms with Gasteiger partial charge >= 0.3 is 5.97 Å². The summed E-state index contributed by atoms with van der Waals surface area (Å²) in [6.45, 7) is 4.53. The van der Waals surface area contributed by atoms with Crippen molar-refractivity contribution in [2.75, 3.05) is 13.1 Å². The van der Waals surface area contributed by atoms with Gasteiger partial charge in [0, 0.05) is 38.4 Å². The van der Waals surface area contributed by atoms with E-state index in [9.17, 15) is 18.0 Å². The van der Waals surface area contributed by atoms with E-state index in [4.69, 9.17) is 4.74 Å². The van der Waals surface area contributed by atoms with Gasteiger partial charge in [0.05, 0.1) is 0 Å². The van der Waals surface area contributed by atoms with Gasteiger partial charge in [-0.3, -0.25) is 4.79 Å². The smallest absolute Gasteiger partial charge is 0.360 e. The van der Waals surface area contributed by atoms with Gasteiger partial charge < -0.3 is 14.6 Å². The van der Waals surface area contributed by atoms with E-state index < -0.39 is 16.0 Å². The van der Waals surface area contributed by atoms with E-state index in [-0.39, 0.29) is 22.2 Å². The highest BCUT2D eigenvalue weighted by Crippen LogP contribution is 2.21. The number of carbonyl (C=O) groups is 2. The minimum absolute atomic E-state index is 0.0229. The van der Waals surface area contributed by atoms with Gasteiger partial charge in [-0.05, 0) is 29.8 Å². The zero-order valence-electron chi connectivity index (χ0n) is 18.8. The number of benzene rings is 2. The van der Waals surface area contributed by atoms with Crippen molar-refractivity contribution < 1.29 is 22.7 Å². The maximum Gasteiger partial charge on any atom is 0.360 e. The lowest BCUT2D eigenvalue weighted by Gasteiger charge is -2.17. The van der Waals surface area contributed by atoms with E-state index in [2.05, 4.69) is 5.32 Å². The van der Waals surface area contributed by atoms with Gasteiger partial charge in [-0.25, -0.2) is 13.2 Å². The molecule has 1 aromatic heterocycles. The van der Waals surface area contributed by atoms with Crippen LogP contribution in [0.1, 0.15) is 40.3 Å². The molecule has 9 heteroatoms. The first-order valence-electron chi connectivity index (χ1n) is 10.6. The Morgan fingerprint density at radius 3 is 2.36 bits per heavy atom. The molecule has 1 heterocycles. The van der Waals surface area contributed by atoms with Crippen molar-refractivity contribution >= 4 is 21.9 Å². The summed E-state index contributed by atoms with van der Waals surface area (Å²) >= 11 is 0. The summed E-state index contributed by atoms with van der Waals surface area (Å²) in [6.07, 6.45) is 1.39. The Kier molecular flexibility index (Phi) is 7.67. The standard InChI is InChI=1S/C24H27N3O5S/c1-4-27(5-2)33(30,31)21-15-22(26(3)17-21)24(29)32-20-13-9-12-19(14-20)23(28)25-16-18-10-7-6-8-11-18/h6-15,17H,4-5,16H2,1-3H3,(H,25,28). The number of nitrogens with zero attached hydrogens (tertiary/aromatic N) is 2. The van der Waals surface area contributed by atoms with Crippen LogP contribution in [0.4, 0.5) is 0 Å². The number of esters is 1. The number of aryl methyl sites for hydroxylation is 1. The maximum absolute atomic E-state index is 12.7. The van der Waals surface area contributed by atoms with Crippen LogP contribution in [0.2, 0.25) is 0 Å². The molecule has 2 aromatic carbocycles. The first-order valence-corrected chi connectivity index (χ1v) is 12.0. The summed E-state index contributed by atoms with van der Waals surface area (Å²) in [5, 5.41) is 2.82. The van der Waals surface area contributed by atoms with Crippen LogP contribution < -0.4 is 10.1 Å². The topological polar surface area (TPSA) is 97.7 Å². The van der Waals surface area contributed by atoms with Crippen molar-refractivity contribution in [1.29, 1.82) is 0 Å². The van der Waals surface area contributed by atoms with Crippen molar-refractivity contribution in [2.45, 2.75) is 25.3 Å². The summed E-state index contributed by atoms with van der Waals surface area (Å²) in [5.74, 6) is -0.842. The average molecular weight is 470 g/mol. The molecule has 0 spiro atoms. The van der Waals surface area contributed by atoms with Gasteiger partial charge in [0.15, 0.2) is 0 Å². The quantitative estimate of drug-likeness (QED) is 0.383. The van der Waals surface area contributed by atoms with E-state index in [1.165, 1.54) is 27.2 Å². The number of ether oxygens (including phenoxy) is 1. The average Bonchev–Trinajstić information content (AvgIpc) is 3.21. The van der Waals surface area contributed by atoms with Gasteiger partial charge in [0.25, 0.3) is 5.91 Å². The highest BCUT2D eigenvalue weighted by Gasteiger charge is 2.26. The number of hydrogen-bond donors (Lipinski definition) is 1. The zero-order valence-corrected chi connectivity index (χ0v) is 19.6. The predicted molar refractivity (Wildman–Crippen MR) is 125 cm³/mol. The number of amides is 1. The van der Waals surface area contributed by atoms with Gasteiger partial charge in [0.1, 0.15) is 16.3 Å². The van der Waals surface area contributed by atoms with Crippen molar-refractivity contribution in [3.8, 4) is 5.75 Å². The molecule has 174 valence electrons. The molecule has 0 atom stereocenters. The van der Waals surface area contributed by atoms with Crippen LogP contribution in [-0.2, 0) is 23.6 Å². The second-order valence-corrected chi connectivity index (χ2v) is 9.28. The number of sulfonamides is 1. The summed E-state index contributed by atoms with van der Waals surface area (Å²) in [7, 11) is -2.13. The SMILES string of the molecule is CCN(CC)S(=O)(=O)c1cc(C(=O)Oc2cccc(C(=O)NCc3ccccc3)c2)n(C)c1. The molecule has 0 radical (unpaired) electrons. The van der Waals surface area contributed by atoms with Crippen LogP contribution in [0.15, 0.2) is 71.8 Å². The molecule has 0 saturated carbocycles. The molecular formula is C24H27N3O5S. The van der Waals surface area contributed by atoms with E-state index in [0.717, 1.165) is 5.56 Å². The Bertz CT molecular complexity index is 1230. The second kappa shape index (κ2) is 10.5. The molecule has 1 amide bonds. The Balaban J connectivity index is 1.72. The number of nitrogens with one attached hydrogen (secondary N) is 1. The fourth-order valence-electron chi connectivity index (χ4n) is 3.33. The molecule has 3 rings (SSSR count). The Morgan fingerprint density at radius 2 is 1.70 bits per heavy atom. The monoisotopic (exact) mass is 469 g/mol. The number of aromatic nitrogens is 1. The minimum Gasteiger partial charge on any atom is -0.422 e. The van der Waals surface area contributed by atoms with Crippen molar-refractivity contribution in [1.82, 2.24) is 14.2 Å². The summed E-state index contributed by atoms with van der Waals surface area (Å²) < 4.78 is 33.6. The zero-order chi connectivity index (χ0) is 24.0. The maximum atomic E-state index is 12.7. The lowest BCUT2D eigenvalue weighted by Crippen LogP contribution is -2.30. The number of rotatable bonds is 9. The molecule has 8 nitrogen and oxygen atoms in total. The lowest BCUT2D eigenvalue weighted by molar-refractivity contribution is 0.0723. The molecule has 0 aliphatic carbocycles. The van der Waals surface area contributed by atoms with Crippen LogP contribution in [0, 0.1) is 0 Å². The van der Waals surface area contributed by atoms with E-state index in [1.54, 1.807) is 39.1 Å². The van der Waals surface area contributed by atoms with Crippen LogP contribution in [0.3, 0.4) is 0 Å². The predicted octanol–water partition coefficient (Wildman–Crippen LogP) is 3.20. The molecular weight excluding hydrogens is 442 g/mol. The van der Waals surface area contributed by atoms with Crippen LogP contribution in [0.5, 0.6) is 5.75 Å². The minimum atomic E-state index is -3.70. The van der Waals surface area contributed by atoms with E-state index >= 15 is 0 Å². The third-order valence-electron chi connectivity index (χ3n) is 5.13. The van der Waals surface area contributed by atoms with E-state index in [1.807, 2.05) is 30.3 Å². The normalized spacial score (nSPS) is 11.4. The molecule has 0 unspecified atom stereocenters. The fourth-order valence-corrected chi connectivity index (χ4v) is 4.86. The molecule has 1 N–H and O–H groups in total. The first-order chi connectivity index (χ1) is 15.8. The Labute approximate surface area is 193 Å².